The first-order valence-corrected chi connectivity index (χ1v) is 11.1. The van der Waals surface area contributed by atoms with E-state index in [4.69, 9.17) is 20.9 Å². The van der Waals surface area contributed by atoms with Crippen LogP contribution in [-0.4, -0.2) is 40.6 Å². The molecule has 6 nitrogen and oxygen atoms in total. The van der Waals surface area contributed by atoms with Crippen LogP contribution in [0.1, 0.15) is 43.5 Å². The SMILES string of the molecule is CCCCOc1ccc(-c2nc(C3CC(=O)N(CCc4ccc(Cl)cc4)C3)no2)cc1. The molecule has 4 rings (SSSR count). The van der Waals surface area contributed by atoms with Gasteiger partial charge in [-0.05, 0) is 54.8 Å². The van der Waals surface area contributed by atoms with Crippen molar-refractivity contribution >= 4 is 17.5 Å². The number of halogens is 1. The third kappa shape index (κ3) is 5.44. The van der Waals surface area contributed by atoms with Gasteiger partial charge in [-0.15, -0.1) is 0 Å². The molecule has 0 radical (unpaired) electrons. The van der Waals surface area contributed by atoms with Gasteiger partial charge < -0.3 is 14.2 Å². The minimum absolute atomic E-state index is 0.0492. The first-order chi connectivity index (χ1) is 15.1. The summed E-state index contributed by atoms with van der Waals surface area (Å²) in [5.41, 5.74) is 2.00. The maximum absolute atomic E-state index is 12.5. The molecule has 1 saturated heterocycles. The number of carbonyl (C=O) groups excluding carboxylic acids is 1. The number of hydrogen-bond acceptors (Lipinski definition) is 5. The van der Waals surface area contributed by atoms with E-state index in [0.29, 0.717) is 42.9 Å². The molecule has 31 heavy (non-hydrogen) atoms. The van der Waals surface area contributed by atoms with Gasteiger partial charge in [0.15, 0.2) is 5.82 Å². The molecule has 1 aliphatic rings. The Morgan fingerprint density at radius 1 is 1.16 bits per heavy atom. The summed E-state index contributed by atoms with van der Waals surface area (Å²) in [7, 11) is 0. The van der Waals surface area contributed by atoms with Crippen LogP contribution in [0.15, 0.2) is 53.1 Å². The molecule has 0 aliphatic carbocycles. The summed E-state index contributed by atoms with van der Waals surface area (Å²) in [5, 5.41) is 4.86. The average molecular weight is 440 g/mol. The van der Waals surface area contributed by atoms with E-state index in [1.807, 2.05) is 53.4 Å². The van der Waals surface area contributed by atoms with Gasteiger partial charge >= 0.3 is 0 Å². The number of amides is 1. The highest BCUT2D eigenvalue weighted by Gasteiger charge is 2.33. The zero-order valence-electron chi connectivity index (χ0n) is 17.6. The van der Waals surface area contributed by atoms with Crippen LogP contribution >= 0.6 is 11.6 Å². The van der Waals surface area contributed by atoms with Crippen LogP contribution in [0.5, 0.6) is 5.75 Å². The van der Waals surface area contributed by atoms with Crippen molar-refractivity contribution in [2.45, 2.75) is 38.5 Å². The predicted molar refractivity (Wildman–Crippen MR) is 119 cm³/mol. The molecule has 162 valence electrons. The molecule has 7 heteroatoms. The van der Waals surface area contributed by atoms with Crippen LogP contribution in [0.25, 0.3) is 11.5 Å². The van der Waals surface area contributed by atoms with E-state index < -0.39 is 0 Å². The van der Waals surface area contributed by atoms with Gasteiger partial charge in [-0.2, -0.15) is 4.98 Å². The number of likely N-dealkylation sites (tertiary alicyclic amines) is 1. The number of aromatic nitrogens is 2. The van der Waals surface area contributed by atoms with Crippen LogP contribution < -0.4 is 4.74 Å². The Labute approximate surface area is 187 Å². The Morgan fingerprint density at radius 3 is 2.68 bits per heavy atom. The van der Waals surface area contributed by atoms with Gasteiger partial charge in [0.05, 0.1) is 6.61 Å². The molecule has 0 spiro atoms. The van der Waals surface area contributed by atoms with Gasteiger partial charge in [0.2, 0.25) is 5.91 Å². The Balaban J connectivity index is 1.34. The van der Waals surface area contributed by atoms with Crippen LogP contribution in [0, 0.1) is 0 Å². The standard InChI is InChI=1S/C24H26ClN3O3/c1-2-3-14-30-21-10-6-18(7-11-21)24-26-23(27-31-24)19-15-22(29)28(16-19)13-12-17-4-8-20(25)9-5-17/h4-11,19H,2-3,12-16H2,1H3. The number of hydrogen-bond donors (Lipinski definition) is 0. The van der Waals surface area contributed by atoms with Crippen LogP contribution in [-0.2, 0) is 11.2 Å². The summed E-state index contributed by atoms with van der Waals surface area (Å²) in [5.74, 6) is 1.95. The molecule has 3 aromatic rings. The molecule has 0 saturated carbocycles. The second-order valence-corrected chi connectivity index (χ2v) is 8.24. The summed E-state index contributed by atoms with van der Waals surface area (Å²) in [6.45, 7) is 4.12. The van der Waals surface area contributed by atoms with Crippen LogP contribution in [0.2, 0.25) is 5.02 Å². The van der Waals surface area contributed by atoms with Crippen molar-refractivity contribution < 1.29 is 14.1 Å². The van der Waals surface area contributed by atoms with Gasteiger partial charge in [0, 0.05) is 36.0 Å². The molecule has 1 atom stereocenters. The fraction of sp³-hybridized carbons (Fsp3) is 0.375. The number of ether oxygens (including phenoxy) is 1. The fourth-order valence-electron chi connectivity index (χ4n) is 3.62. The molecule has 1 aliphatic heterocycles. The largest absolute Gasteiger partial charge is 0.494 e. The van der Waals surface area contributed by atoms with Crippen LogP contribution in [0.4, 0.5) is 0 Å². The summed E-state index contributed by atoms with van der Waals surface area (Å²) >= 11 is 5.94. The lowest BCUT2D eigenvalue weighted by atomic mass is 10.1. The van der Waals surface area contributed by atoms with E-state index in [1.165, 1.54) is 0 Å². The van der Waals surface area contributed by atoms with Gasteiger partial charge in [-0.25, -0.2) is 0 Å². The number of carbonyl (C=O) groups is 1. The lowest BCUT2D eigenvalue weighted by molar-refractivity contribution is -0.127. The third-order valence-electron chi connectivity index (χ3n) is 5.47. The van der Waals surface area contributed by atoms with Crippen molar-refractivity contribution in [3.05, 3.63) is 64.9 Å². The van der Waals surface area contributed by atoms with Gasteiger partial charge in [-0.1, -0.05) is 42.2 Å². The predicted octanol–water partition coefficient (Wildman–Crippen LogP) is 5.13. The molecule has 0 bridgehead atoms. The second kappa shape index (κ2) is 9.96. The van der Waals surface area contributed by atoms with Crippen molar-refractivity contribution in [1.29, 1.82) is 0 Å². The van der Waals surface area contributed by atoms with E-state index in [2.05, 4.69) is 17.1 Å². The lowest BCUT2D eigenvalue weighted by Crippen LogP contribution is -2.27. The first-order valence-electron chi connectivity index (χ1n) is 10.7. The van der Waals surface area contributed by atoms with Crippen LogP contribution in [0.3, 0.4) is 0 Å². The van der Waals surface area contributed by atoms with Crippen molar-refractivity contribution in [1.82, 2.24) is 15.0 Å². The van der Waals surface area contributed by atoms with Gasteiger partial charge in [-0.3, -0.25) is 4.79 Å². The van der Waals surface area contributed by atoms with Crippen molar-refractivity contribution in [3.63, 3.8) is 0 Å². The molecule has 2 heterocycles. The molecular formula is C24H26ClN3O3. The Hall–Kier alpha value is -2.86. The third-order valence-corrected chi connectivity index (χ3v) is 5.72. The summed E-state index contributed by atoms with van der Waals surface area (Å²) in [6.07, 6.45) is 3.33. The summed E-state index contributed by atoms with van der Waals surface area (Å²) < 4.78 is 11.2. The fourth-order valence-corrected chi connectivity index (χ4v) is 3.75. The second-order valence-electron chi connectivity index (χ2n) is 7.80. The minimum Gasteiger partial charge on any atom is -0.494 e. The van der Waals surface area contributed by atoms with E-state index >= 15 is 0 Å². The zero-order chi connectivity index (χ0) is 21.6. The highest BCUT2D eigenvalue weighted by atomic mass is 35.5. The van der Waals surface area contributed by atoms with Crippen molar-refractivity contribution in [2.75, 3.05) is 19.7 Å². The maximum atomic E-state index is 12.5. The number of nitrogens with zero attached hydrogens (tertiary/aromatic N) is 3. The average Bonchev–Trinajstić information content (AvgIpc) is 3.41. The molecule has 1 amide bonds. The Bertz CT molecular complexity index is 1000. The summed E-state index contributed by atoms with van der Waals surface area (Å²) in [6, 6.07) is 15.4. The number of unbranched alkanes of at least 4 members (excludes halogenated alkanes) is 1. The number of benzene rings is 2. The van der Waals surface area contributed by atoms with Crippen molar-refractivity contribution in [3.8, 4) is 17.2 Å². The highest BCUT2D eigenvalue weighted by Crippen LogP contribution is 2.29. The molecular weight excluding hydrogens is 414 g/mol. The minimum atomic E-state index is -0.0492. The highest BCUT2D eigenvalue weighted by molar-refractivity contribution is 6.30. The Morgan fingerprint density at radius 2 is 1.94 bits per heavy atom. The first kappa shape index (κ1) is 21.4. The topological polar surface area (TPSA) is 68.5 Å². The maximum Gasteiger partial charge on any atom is 0.257 e. The normalized spacial score (nSPS) is 16.1. The molecule has 1 fully saturated rings. The van der Waals surface area contributed by atoms with Gasteiger partial charge in [0.25, 0.3) is 5.89 Å². The molecule has 1 aromatic heterocycles. The van der Waals surface area contributed by atoms with E-state index in [1.54, 1.807) is 0 Å². The van der Waals surface area contributed by atoms with E-state index in [-0.39, 0.29) is 11.8 Å². The lowest BCUT2D eigenvalue weighted by Gasteiger charge is -2.15. The monoisotopic (exact) mass is 439 g/mol. The van der Waals surface area contributed by atoms with E-state index in [0.717, 1.165) is 36.1 Å². The number of rotatable bonds is 9. The van der Waals surface area contributed by atoms with Gasteiger partial charge in [0.1, 0.15) is 5.75 Å². The summed E-state index contributed by atoms with van der Waals surface area (Å²) in [4.78, 5) is 18.9. The smallest absolute Gasteiger partial charge is 0.257 e. The molecule has 1 unspecified atom stereocenters. The van der Waals surface area contributed by atoms with Crippen molar-refractivity contribution in [2.24, 2.45) is 0 Å². The van der Waals surface area contributed by atoms with E-state index in [9.17, 15) is 4.79 Å². The zero-order valence-corrected chi connectivity index (χ0v) is 18.3. The Kier molecular flexibility index (Phi) is 6.87. The molecule has 0 N–H and O–H groups in total. The molecule has 2 aromatic carbocycles. The quantitative estimate of drug-likeness (QED) is 0.432.